The molecule has 0 saturated heterocycles. The van der Waals surface area contributed by atoms with Gasteiger partial charge in [-0.05, 0) is 46.9 Å². The number of nitrogens with one attached hydrogen (secondary N) is 3. The second-order valence-corrected chi connectivity index (χ2v) is 8.75. The van der Waals surface area contributed by atoms with Gasteiger partial charge in [-0.3, -0.25) is 4.79 Å². The third kappa shape index (κ3) is 6.10. The Morgan fingerprint density at radius 1 is 1.08 bits per heavy atom. The van der Waals surface area contributed by atoms with Crippen LogP contribution in [0.4, 0.5) is 18.9 Å². The average molecular weight is 496 g/mol. The second kappa shape index (κ2) is 10.9. The second-order valence-electron chi connectivity index (χ2n) is 8.75. The zero-order chi connectivity index (χ0) is 25.7. The number of hydrogen-bond donors (Lipinski definition) is 4. The van der Waals surface area contributed by atoms with Crippen molar-refractivity contribution in [2.45, 2.75) is 32.0 Å². The number of anilines is 1. The Morgan fingerprint density at radius 3 is 2.58 bits per heavy atom. The first-order valence-corrected chi connectivity index (χ1v) is 11.7. The number of nitrogens with zero attached hydrogens (tertiary/aromatic N) is 1. The highest BCUT2D eigenvalue weighted by Crippen LogP contribution is 2.34. The molecule has 36 heavy (non-hydrogen) atoms. The minimum atomic E-state index is -4.53. The normalized spacial score (nSPS) is 12.6. The fourth-order valence-corrected chi connectivity index (χ4v) is 4.11. The molecule has 0 aliphatic carbocycles. The number of benzene rings is 2. The molecule has 0 saturated carbocycles. The number of fused-ring (bicyclic) bond motifs is 1. The number of nitrogens with two attached hydrogens (primary N) is 1. The first kappa shape index (κ1) is 25.4. The van der Waals surface area contributed by atoms with E-state index in [-0.39, 0.29) is 36.0 Å². The Bertz CT molecular complexity index is 1330. The highest BCUT2D eigenvalue weighted by molar-refractivity contribution is 5.91. The van der Waals surface area contributed by atoms with Gasteiger partial charge in [-0.2, -0.15) is 13.2 Å². The standard InChI is InChI=1S/C27H28F3N5O/c1-17(18-2-4-19(5-3-18)22-13-20-8-10-33-26(20)34-16-22)12-25(36)35-23-7-6-21(15-32-11-9-31)24(14-23)27(28,29)30/h2-8,10,13-14,16-17,32H,9,11-12,15,31H2,1H3,(H,33,34)(H,35,36)/t17-/m0/s1. The van der Waals surface area contributed by atoms with Crippen LogP contribution in [0.3, 0.4) is 0 Å². The number of aromatic amines is 1. The van der Waals surface area contributed by atoms with Crippen LogP contribution in [0.1, 0.15) is 36.0 Å². The number of pyridine rings is 1. The van der Waals surface area contributed by atoms with Crippen molar-refractivity contribution >= 4 is 22.6 Å². The van der Waals surface area contributed by atoms with Gasteiger partial charge in [0.15, 0.2) is 0 Å². The van der Waals surface area contributed by atoms with Crippen molar-refractivity contribution in [1.82, 2.24) is 15.3 Å². The number of halogens is 3. The average Bonchev–Trinajstić information content (AvgIpc) is 3.32. The minimum Gasteiger partial charge on any atom is -0.346 e. The number of rotatable bonds is 9. The Balaban J connectivity index is 1.40. The maximum absolute atomic E-state index is 13.6. The molecule has 0 aliphatic rings. The molecule has 4 aromatic rings. The molecule has 0 bridgehead atoms. The van der Waals surface area contributed by atoms with Gasteiger partial charge in [0.05, 0.1) is 5.56 Å². The molecule has 0 fully saturated rings. The van der Waals surface area contributed by atoms with E-state index in [1.165, 1.54) is 12.1 Å². The molecule has 2 heterocycles. The smallest absolute Gasteiger partial charge is 0.346 e. The fraction of sp³-hybridized carbons (Fsp3) is 0.259. The van der Waals surface area contributed by atoms with Gasteiger partial charge in [-0.1, -0.05) is 37.3 Å². The van der Waals surface area contributed by atoms with E-state index in [2.05, 4.69) is 26.7 Å². The van der Waals surface area contributed by atoms with E-state index in [0.29, 0.717) is 13.1 Å². The molecular formula is C27H28F3N5O. The molecule has 1 amide bonds. The van der Waals surface area contributed by atoms with Crippen LogP contribution in [0.15, 0.2) is 67.0 Å². The summed E-state index contributed by atoms with van der Waals surface area (Å²) >= 11 is 0. The van der Waals surface area contributed by atoms with Crippen LogP contribution in [0.2, 0.25) is 0 Å². The highest BCUT2D eigenvalue weighted by Gasteiger charge is 2.33. The Hall–Kier alpha value is -3.69. The van der Waals surface area contributed by atoms with Gasteiger partial charge in [0.1, 0.15) is 5.65 Å². The van der Waals surface area contributed by atoms with Crippen LogP contribution in [0.25, 0.3) is 22.2 Å². The molecule has 1 atom stereocenters. The van der Waals surface area contributed by atoms with Crippen molar-refractivity contribution in [2.75, 3.05) is 18.4 Å². The summed E-state index contributed by atoms with van der Waals surface area (Å²) in [6, 6.07) is 15.7. The quantitative estimate of drug-likeness (QED) is 0.233. The molecule has 2 aromatic carbocycles. The van der Waals surface area contributed by atoms with Crippen LogP contribution in [-0.2, 0) is 17.5 Å². The summed E-state index contributed by atoms with van der Waals surface area (Å²) in [6.45, 7) is 2.70. The molecule has 0 unspecified atom stereocenters. The lowest BCUT2D eigenvalue weighted by atomic mass is 9.95. The topological polar surface area (TPSA) is 95.8 Å². The number of H-pyrrole nitrogens is 1. The van der Waals surface area contributed by atoms with E-state index < -0.39 is 11.7 Å². The molecule has 0 spiro atoms. The molecule has 0 radical (unpaired) electrons. The van der Waals surface area contributed by atoms with Gasteiger partial charge in [0.25, 0.3) is 0 Å². The monoisotopic (exact) mass is 495 g/mol. The third-order valence-electron chi connectivity index (χ3n) is 6.04. The van der Waals surface area contributed by atoms with Crippen molar-refractivity contribution in [3.8, 4) is 11.1 Å². The lowest BCUT2D eigenvalue weighted by Gasteiger charge is -2.16. The highest BCUT2D eigenvalue weighted by atomic mass is 19.4. The van der Waals surface area contributed by atoms with Crippen LogP contribution in [-0.4, -0.2) is 29.0 Å². The van der Waals surface area contributed by atoms with Crippen molar-refractivity contribution in [1.29, 1.82) is 0 Å². The summed E-state index contributed by atoms with van der Waals surface area (Å²) < 4.78 is 40.7. The lowest BCUT2D eigenvalue weighted by molar-refractivity contribution is -0.138. The maximum atomic E-state index is 13.6. The third-order valence-corrected chi connectivity index (χ3v) is 6.04. The van der Waals surface area contributed by atoms with Crippen LogP contribution in [0, 0.1) is 0 Å². The number of alkyl halides is 3. The van der Waals surface area contributed by atoms with E-state index in [9.17, 15) is 18.0 Å². The number of hydrogen-bond acceptors (Lipinski definition) is 4. The van der Waals surface area contributed by atoms with Crippen molar-refractivity contribution in [2.24, 2.45) is 5.73 Å². The molecule has 2 aromatic heterocycles. The number of amides is 1. The molecule has 6 nitrogen and oxygen atoms in total. The Kier molecular flexibility index (Phi) is 7.71. The van der Waals surface area contributed by atoms with Gasteiger partial charge in [0.2, 0.25) is 5.91 Å². The summed E-state index contributed by atoms with van der Waals surface area (Å²) in [7, 11) is 0. The van der Waals surface area contributed by atoms with Crippen molar-refractivity contribution < 1.29 is 18.0 Å². The summed E-state index contributed by atoms with van der Waals surface area (Å²) in [6.07, 6.45) is -0.746. The maximum Gasteiger partial charge on any atom is 0.416 e. The van der Waals surface area contributed by atoms with E-state index in [1.54, 1.807) is 6.20 Å². The van der Waals surface area contributed by atoms with E-state index >= 15 is 0 Å². The summed E-state index contributed by atoms with van der Waals surface area (Å²) in [5, 5.41) is 6.51. The van der Waals surface area contributed by atoms with Gasteiger partial charge in [-0.15, -0.1) is 0 Å². The van der Waals surface area contributed by atoms with Crippen LogP contribution in [0.5, 0.6) is 0 Å². The van der Waals surface area contributed by atoms with Crippen molar-refractivity contribution in [3.05, 3.63) is 83.7 Å². The predicted molar refractivity (Wildman–Crippen MR) is 135 cm³/mol. The zero-order valence-corrected chi connectivity index (χ0v) is 19.8. The number of aromatic nitrogens is 2. The minimum absolute atomic E-state index is 0.0441. The predicted octanol–water partition coefficient (Wildman–Crippen LogP) is 5.43. The van der Waals surface area contributed by atoms with E-state index in [4.69, 9.17) is 5.73 Å². The number of carbonyl (C=O) groups excluding carboxylic acids is 1. The fourth-order valence-electron chi connectivity index (χ4n) is 4.11. The molecular weight excluding hydrogens is 467 g/mol. The van der Waals surface area contributed by atoms with E-state index in [1.807, 2.05) is 43.5 Å². The zero-order valence-electron chi connectivity index (χ0n) is 19.8. The van der Waals surface area contributed by atoms with Gasteiger partial charge in [-0.25, -0.2) is 4.98 Å². The largest absolute Gasteiger partial charge is 0.416 e. The van der Waals surface area contributed by atoms with Crippen LogP contribution >= 0.6 is 0 Å². The van der Waals surface area contributed by atoms with Gasteiger partial charge < -0.3 is 21.4 Å². The van der Waals surface area contributed by atoms with E-state index in [0.717, 1.165) is 33.8 Å². The summed E-state index contributed by atoms with van der Waals surface area (Å²) in [5.41, 5.74) is 8.62. The first-order valence-electron chi connectivity index (χ1n) is 11.7. The summed E-state index contributed by atoms with van der Waals surface area (Å²) in [4.78, 5) is 20.1. The lowest BCUT2D eigenvalue weighted by Crippen LogP contribution is -2.24. The molecule has 9 heteroatoms. The Morgan fingerprint density at radius 2 is 1.86 bits per heavy atom. The Labute approximate surface area is 207 Å². The van der Waals surface area contributed by atoms with Gasteiger partial charge >= 0.3 is 6.18 Å². The molecule has 188 valence electrons. The molecule has 5 N–H and O–H groups in total. The van der Waals surface area contributed by atoms with Crippen LogP contribution < -0.4 is 16.4 Å². The molecule has 0 aliphatic heterocycles. The first-order chi connectivity index (χ1) is 17.2. The summed E-state index contributed by atoms with van der Waals surface area (Å²) in [5.74, 6) is -0.470. The van der Waals surface area contributed by atoms with Gasteiger partial charge in [0, 0.05) is 55.1 Å². The number of carbonyl (C=O) groups is 1. The van der Waals surface area contributed by atoms with Crippen molar-refractivity contribution in [3.63, 3.8) is 0 Å². The molecule has 4 rings (SSSR count). The SMILES string of the molecule is C[C@@H](CC(=O)Nc1ccc(CNCCN)c(C(F)(F)F)c1)c1ccc(-c2cnc3[nH]ccc3c2)cc1.